The van der Waals surface area contributed by atoms with E-state index in [1.165, 1.54) is 5.56 Å². The van der Waals surface area contributed by atoms with Crippen molar-refractivity contribution in [2.24, 2.45) is 0 Å². The van der Waals surface area contributed by atoms with Crippen LogP contribution in [-0.4, -0.2) is 5.11 Å². The van der Waals surface area contributed by atoms with Crippen LogP contribution < -0.4 is 0 Å². The maximum Gasteiger partial charge on any atom is 0.137 e. The van der Waals surface area contributed by atoms with Crippen LogP contribution in [0.4, 0.5) is 0 Å². The van der Waals surface area contributed by atoms with E-state index in [-0.39, 0.29) is 0 Å². The van der Waals surface area contributed by atoms with Gasteiger partial charge in [0.2, 0.25) is 0 Å². The first-order valence-electron chi connectivity index (χ1n) is 5.81. The van der Waals surface area contributed by atoms with Gasteiger partial charge in [0, 0.05) is 5.39 Å². The molecule has 2 rings (SSSR count). The Morgan fingerprint density at radius 1 is 1.25 bits per heavy atom. The van der Waals surface area contributed by atoms with Crippen LogP contribution in [0.3, 0.4) is 0 Å². The Bertz CT molecular complexity index is 458. The van der Waals surface area contributed by atoms with Gasteiger partial charge in [-0.2, -0.15) is 0 Å². The molecule has 0 amide bonds. The molecule has 1 atom stereocenters. The second-order valence-corrected chi connectivity index (χ2v) is 4.40. The van der Waals surface area contributed by atoms with Gasteiger partial charge >= 0.3 is 0 Å². The first kappa shape index (κ1) is 11.2. The van der Waals surface area contributed by atoms with Crippen molar-refractivity contribution >= 4 is 11.0 Å². The van der Waals surface area contributed by atoms with E-state index in [1.54, 1.807) is 0 Å². The number of furan rings is 1. The summed E-state index contributed by atoms with van der Waals surface area (Å²) in [6.07, 6.45) is 1.23. The third kappa shape index (κ3) is 1.85. The average molecular weight is 218 g/mol. The number of fused-ring (bicyclic) bond motifs is 1. The molecule has 0 aliphatic carbocycles. The summed E-state index contributed by atoms with van der Waals surface area (Å²) in [5, 5.41) is 11.0. The van der Waals surface area contributed by atoms with Gasteiger partial charge in [-0.05, 0) is 37.5 Å². The summed E-state index contributed by atoms with van der Waals surface area (Å²) in [5.41, 5.74) is 3.22. The number of hydrogen-bond acceptors (Lipinski definition) is 2. The Morgan fingerprint density at radius 3 is 2.56 bits per heavy atom. The number of hydrogen-bond donors (Lipinski definition) is 1. The van der Waals surface area contributed by atoms with Crippen molar-refractivity contribution in [2.75, 3.05) is 0 Å². The molecule has 16 heavy (non-hydrogen) atoms. The maximum absolute atomic E-state index is 9.91. The second-order valence-electron chi connectivity index (χ2n) is 4.40. The van der Waals surface area contributed by atoms with Crippen molar-refractivity contribution in [3.63, 3.8) is 0 Å². The monoisotopic (exact) mass is 218 g/mol. The normalized spacial score (nSPS) is 13.2. The summed E-state index contributed by atoms with van der Waals surface area (Å²) >= 11 is 0. The van der Waals surface area contributed by atoms with Gasteiger partial charge < -0.3 is 9.52 Å². The van der Waals surface area contributed by atoms with Gasteiger partial charge in [0.25, 0.3) is 0 Å². The average Bonchev–Trinajstić information content (AvgIpc) is 2.70. The Balaban J connectivity index is 2.51. The minimum absolute atomic E-state index is 0.476. The van der Waals surface area contributed by atoms with Crippen LogP contribution in [0.2, 0.25) is 0 Å². The molecule has 2 nitrogen and oxygen atoms in total. The molecule has 2 aromatic rings. The van der Waals surface area contributed by atoms with Crippen molar-refractivity contribution in [3.8, 4) is 0 Å². The topological polar surface area (TPSA) is 33.4 Å². The smallest absolute Gasteiger partial charge is 0.137 e. The minimum atomic E-state index is -0.476. The highest BCUT2D eigenvalue weighted by atomic mass is 16.4. The van der Waals surface area contributed by atoms with Crippen LogP contribution >= 0.6 is 0 Å². The third-order valence-electron chi connectivity index (χ3n) is 3.01. The molecule has 0 aliphatic heterocycles. The quantitative estimate of drug-likeness (QED) is 0.848. The molecule has 0 saturated heterocycles. The number of aryl methyl sites for hydroxylation is 2. The van der Waals surface area contributed by atoms with E-state index in [2.05, 4.69) is 26.0 Å². The van der Waals surface area contributed by atoms with Gasteiger partial charge in [0.1, 0.15) is 17.4 Å². The lowest BCUT2D eigenvalue weighted by molar-refractivity contribution is 0.141. The van der Waals surface area contributed by atoms with Crippen molar-refractivity contribution in [2.45, 2.75) is 39.7 Å². The molecule has 0 spiro atoms. The number of aliphatic hydroxyl groups excluding tert-OH is 1. The van der Waals surface area contributed by atoms with Crippen molar-refractivity contribution in [1.82, 2.24) is 0 Å². The molecule has 86 valence electrons. The molecular weight excluding hydrogens is 200 g/mol. The summed E-state index contributed by atoms with van der Waals surface area (Å²) in [4.78, 5) is 0. The third-order valence-corrected chi connectivity index (χ3v) is 3.01. The molecule has 1 aromatic carbocycles. The molecule has 1 N–H and O–H groups in total. The summed E-state index contributed by atoms with van der Waals surface area (Å²) in [7, 11) is 0. The highest BCUT2D eigenvalue weighted by Gasteiger charge is 2.14. The fraction of sp³-hybridized carbons (Fsp3) is 0.429. The number of aliphatic hydroxyl groups is 1. The maximum atomic E-state index is 9.91. The predicted molar refractivity (Wildman–Crippen MR) is 65.6 cm³/mol. The Hall–Kier alpha value is -1.28. The Morgan fingerprint density at radius 2 is 1.94 bits per heavy atom. The molecule has 1 heterocycles. The van der Waals surface area contributed by atoms with E-state index in [4.69, 9.17) is 4.42 Å². The van der Waals surface area contributed by atoms with Crippen molar-refractivity contribution in [1.29, 1.82) is 0 Å². The highest BCUT2D eigenvalue weighted by molar-refractivity contribution is 5.84. The molecule has 0 bridgehead atoms. The fourth-order valence-corrected chi connectivity index (χ4v) is 1.99. The van der Waals surface area contributed by atoms with E-state index in [0.29, 0.717) is 5.76 Å². The number of benzene rings is 1. The molecule has 1 aromatic heterocycles. The second kappa shape index (κ2) is 4.30. The summed E-state index contributed by atoms with van der Waals surface area (Å²) in [5.74, 6) is 0.689. The van der Waals surface area contributed by atoms with Gasteiger partial charge in [-0.25, -0.2) is 0 Å². The zero-order valence-corrected chi connectivity index (χ0v) is 10.1. The molecular formula is C14H18O2. The first-order valence-corrected chi connectivity index (χ1v) is 5.81. The van der Waals surface area contributed by atoms with E-state index < -0.39 is 6.10 Å². The lowest BCUT2D eigenvalue weighted by atomic mass is 10.1. The van der Waals surface area contributed by atoms with Crippen LogP contribution in [0.5, 0.6) is 0 Å². The number of rotatable bonds is 3. The SMILES string of the molecule is CCCC(O)c1cc2c(C)ccc(C)c2o1. The highest BCUT2D eigenvalue weighted by Crippen LogP contribution is 2.30. The van der Waals surface area contributed by atoms with E-state index in [0.717, 1.165) is 29.4 Å². The molecule has 0 fully saturated rings. The van der Waals surface area contributed by atoms with Gasteiger partial charge in [-0.3, -0.25) is 0 Å². The molecule has 0 aliphatic rings. The van der Waals surface area contributed by atoms with Gasteiger partial charge in [0.15, 0.2) is 0 Å². The van der Waals surface area contributed by atoms with Crippen LogP contribution in [0.1, 0.15) is 42.8 Å². The van der Waals surface area contributed by atoms with Crippen LogP contribution in [0.25, 0.3) is 11.0 Å². The van der Waals surface area contributed by atoms with Gasteiger partial charge in [-0.1, -0.05) is 25.5 Å². The Kier molecular flexibility index (Phi) is 3.01. The largest absolute Gasteiger partial charge is 0.458 e. The van der Waals surface area contributed by atoms with E-state index in [1.807, 2.05) is 13.0 Å². The standard InChI is InChI=1S/C14H18O2/c1-4-5-12(15)13-8-11-9(2)6-7-10(3)14(11)16-13/h6-8,12,15H,4-5H2,1-3H3. The molecule has 1 unspecified atom stereocenters. The molecule has 0 saturated carbocycles. The fourth-order valence-electron chi connectivity index (χ4n) is 1.99. The zero-order chi connectivity index (χ0) is 11.7. The van der Waals surface area contributed by atoms with Crippen molar-refractivity contribution < 1.29 is 9.52 Å². The minimum Gasteiger partial charge on any atom is -0.458 e. The molecule has 2 heteroatoms. The first-order chi connectivity index (χ1) is 7.63. The zero-order valence-electron chi connectivity index (χ0n) is 10.1. The molecule has 0 radical (unpaired) electrons. The Labute approximate surface area is 95.9 Å². The summed E-state index contributed by atoms with van der Waals surface area (Å²) in [6.45, 7) is 6.15. The van der Waals surface area contributed by atoms with Crippen molar-refractivity contribution in [3.05, 3.63) is 35.1 Å². The lowest BCUT2D eigenvalue weighted by Crippen LogP contribution is -1.93. The lowest BCUT2D eigenvalue weighted by Gasteiger charge is -2.03. The van der Waals surface area contributed by atoms with Gasteiger partial charge in [-0.15, -0.1) is 0 Å². The van der Waals surface area contributed by atoms with Crippen LogP contribution in [0, 0.1) is 13.8 Å². The van der Waals surface area contributed by atoms with Crippen LogP contribution in [-0.2, 0) is 0 Å². The van der Waals surface area contributed by atoms with E-state index in [9.17, 15) is 5.11 Å². The van der Waals surface area contributed by atoms with Gasteiger partial charge in [0.05, 0.1) is 0 Å². The van der Waals surface area contributed by atoms with Crippen LogP contribution in [0.15, 0.2) is 22.6 Å². The predicted octanol–water partition coefficient (Wildman–Crippen LogP) is 3.88. The summed E-state index contributed by atoms with van der Waals surface area (Å²) < 4.78 is 5.74. The summed E-state index contributed by atoms with van der Waals surface area (Å²) in [6, 6.07) is 6.11. The van der Waals surface area contributed by atoms with E-state index >= 15 is 0 Å².